The van der Waals surface area contributed by atoms with Crippen molar-refractivity contribution in [2.75, 3.05) is 11.1 Å². The highest BCUT2D eigenvalue weighted by atomic mass is 32.1. The lowest BCUT2D eigenvalue weighted by molar-refractivity contribution is 0.103. The van der Waals surface area contributed by atoms with Gasteiger partial charge in [-0.1, -0.05) is 17.7 Å². The minimum atomic E-state index is -0.227. The minimum absolute atomic E-state index is 0.227. The molecule has 0 radical (unpaired) electrons. The number of carbonyl (C=O) groups is 1. The highest BCUT2D eigenvalue weighted by Gasteiger charge is 2.17. The molecule has 0 spiro atoms. The minimum Gasteiger partial charge on any atom is -0.397 e. The third-order valence-corrected chi connectivity index (χ3v) is 4.04. The maximum atomic E-state index is 12.3. The standard InChI is InChI=1S/C14H12N4OS/c1-8-2-4-9(5-3-8)17-13(19)12-11(15)10-6-7-16-18-14(10)20-12/h2-7H,15H2,1H3,(H,17,19). The summed E-state index contributed by atoms with van der Waals surface area (Å²) in [4.78, 5) is 13.4. The topological polar surface area (TPSA) is 80.9 Å². The van der Waals surface area contributed by atoms with Gasteiger partial charge in [0.05, 0.1) is 11.9 Å². The van der Waals surface area contributed by atoms with E-state index in [-0.39, 0.29) is 5.91 Å². The maximum absolute atomic E-state index is 12.3. The molecular weight excluding hydrogens is 272 g/mol. The van der Waals surface area contributed by atoms with Crippen LogP contribution < -0.4 is 11.1 Å². The molecule has 5 nitrogen and oxygen atoms in total. The van der Waals surface area contributed by atoms with Crippen molar-refractivity contribution in [2.24, 2.45) is 0 Å². The van der Waals surface area contributed by atoms with Crippen LogP contribution in [-0.2, 0) is 0 Å². The molecule has 0 unspecified atom stereocenters. The van der Waals surface area contributed by atoms with Gasteiger partial charge in [-0.2, -0.15) is 5.10 Å². The Labute approximate surface area is 119 Å². The number of fused-ring (bicyclic) bond motifs is 1. The second kappa shape index (κ2) is 4.90. The van der Waals surface area contributed by atoms with E-state index in [4.69, 9.17) is 5.73 Å². The van der Waals surface area contributed by atoms with E-state index in [0.717, 1.165) is 16.6 Å². The molecule has 100 valence electrons. The second-order valence-corrected chi connectivity index (χ2v) is 5.41. The summed E-state index contributed by atoms with van der Waals surface area (Å²) in [5.74, 6) is -0.227. The zero-order chi connectivity index (χ0) is 14.1. The first-order chi connectivity index (χ1) is 9.65. The fraction of sp³-hybridized carbons (Fsp3) is 0.0714. The highest BCUT2D eigenvalue weighted by Crippen LogP contribution is 2.32. The number of hydrogen-bond donors (Lipinski definition) is 2. The van der Waals surface area contributed by atoms with Gasteiger partial charge in [-0.05, 0) is 25.1 Å². The Hall–Kier alpha value is -2.47. The molecule has 6 heteroatoms. The summed E-state index contributed by atoms with van der Waals surface area (Å²) < 4.78 is 0. The Bertz CT molecular complexity index is 779. The number of nitrogens with two attached hydrogens (primary N) is 1. The monoisotopic (exact) mass is 284 g/mol. The first-order valence-corrected chi connectivity index (χ1v) is 6.84. The average Bonchev–Trinajstić information content (AvgIpc) is 2.79. The predicted molar refractivity (Wildman–Crippen MR) is 81.0 cm³/mol. The summed E-state index contributed by atoms with van der Waals surface area (Å²) in [6.45, 7) is 1.99. The number of nitrogens with zero attached hydrogens (tertiary/aromatic N) is 2. The SMILES string of the molecule is Cc1ccc(NC(=O)c2sc3nnccc3c2N)cc1. The van der Waals surface area contributed by atoms with E-state index in [1.54, 1.807) is 12.3 Å². The van der Waals surface area contributed by atoms with Crippen molar-refractivity contribution < 1.29 is 4.79 Å². The van der Waals surface area contributed by atoms with Gasteiger partial charge >= 0.3 is 0 Å². The number of hydrogen-bond acceptors (Lipinski definition) is 5. The molecule has 20 heavy (non-hydrogen) atoms. The molecule has 0 atom stereocenters. The van der Waals surface area contributed by atoms with E-state index in [1.165, 1.54) is 11.3 Å². The summed E-state index contributed by atoms with van der Waals surface area (Å²) in [5.41, 5.74) is 8.33. The Morgan fingerprint density at radius 2 is 2.00 bits per heavy atom. The number of carbonyl (C=O) groups excluding carboxylic acids is 1. The lowest BCUT2D eigenvalue weighted by Crippen LogP contribution is -2.11. The van der Waals surface area contributed by atoms with E-state index >= 15 is 0 Å². The Morgan fingerprint density at radius 1 is 1.25 bits per heavy atom. The van der Waals surface area contributed by atoms with Crippen molar-refractivity contribution in [3.8, 4) is 0 Å². The molecule has 2 aromatic heterocycles. The number of nitrogen functional groups attached to an aromatic ring is 1. The zero-order valence-electron chi connectivity index (χ0n) is 10.8. The van der Waals surface area contributed by atoms with Crippen LogP contribution in [0.25, 0.3) is 10.2 Å². The van der Waals surface area contributed by atoms with Gasteiger partial charge < -0.3 is 11.1 Å². The van der Waals surface area contributed by atoms with Crippen LogP contribution in [0, 0.1) is 6.92 Å². The van der Waals surface area contributed by atoms with Gasteiger partial charge in [0.25, 0.3) is 5.91 Å². The van der Waals surface area contributed by atoms with Gasteiger partial charge in [0.1, 0.15) is 9.71 Å². The quantitative estimate of drug-likeness (QED) is 0.758. The van der Waals surface area contributed by atoms with Gasteiger partial charge in [0.15, 0.2) is 0 Å². The number of aryl methyl sites for hydroxylation is 1. The van der Waals surface area contributed by atoms with Crippen LogP contribution in [0.5, 0.6) is 0 Å². The van der Waals surface area contributed by atoms with Crippen molar-refractivity contribution in [3.05, 3.63) is 47.0 Å². The zero-order valence-corrected chi connectivity index (χ0v) is 11.6. The fourth-order valence-electron chi connectivity index (χ4n) is 1.87. The summed E-state index contributed by atoms with van der Waals surface area (Å²) in [5, 5.41) is 11.4. The van der Waals surface area contributed by atoms with Crippen molar-refractivity contribution in [3.63, 3.8) is 0 Å². The number of amides is 1. The molecule has 0 aliphatic rings. The molecular formula is C14H12N4OS. The number of anilines is 2. The number of nitrogens with one attached hydrogen (secondary N) is 1. The summed E-state index contributed by atoms with van der Waals surface area (Å²) in [7, 11) is 0. The molecule has 3 aromatic rings. The number of benzene rings is 1. The number of rotatable bonds is 2. The predicted octanol–water partition coefficient (Wildman–Crippen LogP) is 2.83. The molecule has 1 aromatic carbocycles. The molecule has 3 rings (SSSR count). The van der Waals surface area contributed by atoms with Crippen molar-refractivity contribution in [2.45, 2.75) is 6.92 Å². The van der Waals surface area contributed by atoms with Crippen molar-refractivity contribution >= 4 is 38.8 Å². The lowest BCUT2D eigenvalue weighted by Gasteiger charge is -2.04. The summed E-state index contributed by atoms with van der Waals surface area (Å²) >= 11 is 1.24. The van der Waals surface area contributed by atoms with Crippen LogP contribution in [0.4, 0.5) is 11.4 Å². The van der Waals surface area contributed by atoms with Gasteiger partial charge in [-0.25, -0.2) is 0 Å². The maximum Gasteiger partial charge on any atom is 0.267 e. The molecule has 1 amide bonds. The van der Waals surface area contributed by atoms with Crippen LogP contribution in [0.15, 0.2) is 36.5 Å². The first kappa shape index (κ1) is 12.6. The average molecular weight is 284 g/mol. The van der Waals surface area contributed by atoms with Gasteiger partial charge in [-0.15, -0.1) is 16.4 Å². The van der Waals surface area contributed by atoms with Crippen LogP contribution in [0.2, 0.25) is 0 Å². The van der Waals surface area contributed by atoms with Crippen molar-refractivity contribution in [1.29, 1.82) is 0 Å². The molecule has 0 aliphatic heterocycles. The van der Waals surface area contributed by atoms with E-state index in [9.17, 15) is 4.79 Å². The van der Waals surface area contributed by atoms with Crippen LogP contribution in [0.3, 0.4) is 0 Å². The fourth-order valence-corrected chi connectivity index (χ4v) is 2.80. The van der Waals surface area contributed by atoms with Crippen molar-refractivity contribution in [1.82, 2.24) is 10.2 Å². The van der Waals surface area contributed by atoms with Crippen LogP contribution in [0.1, 0.15) is 15.2 Å². The molecule has 3 N–H and O–H groups in total. The highest BCUT2D eigenvalue weighted by molar-refractivity contribution is 7.21. The van der Waals surface area contributed by atoms with Gasteiger partial charge in [-0.3, -0.25) is 4.79 Å². The molecule has 0 fully saturated rings. The van der Waals surface area contributed by atoms with E-state index < -0.39 is 0 Å². The van der Waals surface area contributed by atoms with E-state index in [1.807, 2.05) is 31.2 Å². The normalized spacial score (nSPS) is 10.7. The molecule has 0 saturated heterocycles. The number of thiophene rings is 1. The van der Waals surface area contributed by atoms with E-state index in [2.05, 4.69) is 15.5 Å². The van der Waals surface area contributed by atoms with Gasteiger partial charge in [0, 0.05) is 11.1 Å². The molecule has 0 bridgehead atoms. The smallest absolute Gasteiger partial charge is 0.267 e. The molecule has 0 aliphatic carbocycles. The van der Waals surface area contributed by atoms with Crippen LogP contribution in [-0.4, -0.2) is 16.1 Å². The van der Waals surface area contributed by atoms with E-state index in [0.29, 0.717) is 15.4 Å². The summed E-state index contributed by atoms with van der Waals surface area (Å²) in [6.07, 6.45) is 1.56. The van der Waals surface area contributed by atoms with Crippen LogP contribution >= 0.6 is 11.3 Å². The third kappa shape index (κ3) is 2.21. The first-order valence-electron chi connectivity index (χ1n) is 6.03. The molecule has 0 saturated carbocycles. The Kier molecular flexibility index (Phi) is 3.08. The Morgan fingerprint density at radius 3 is 2.70 bits per heavy atom. The third-order valence-electron chi connectivity index (χ3n) is 2.94. The Balaban J connectivity index is 1.92. The molecule has 2 heterocycles. The lowest BCUT2D eigenvalue weighted by atomic mass is 10.2. The summed E-state index contributed by atoms with van der Waals surface area (Å²) in [6, 6.07) is 9.36. The van der Waals surface area contributed by atoms with Gasteiger partial charge in [0.2, 0.25) is 0 Å². The number of aromatic nitrogens is 2. The largest absolute Gasteiger partial charge is 0.397 e. The second-order valence-electron chi connectivity index (χ2n) is 4.42.